The van der Waals surface area contributed by atoms with E-state index in [0.29, 0.717) is 13.0 Å². The Hall–Kier alpha value is -2.12. The van der Waals surface area contributed by atoms with E-state index in [-0.39, 0.29) is 17.9 Å². The molecular weight excluding hydrogens is 323 g/mol. The Morgan fingerprint density at radius 3 is 2.58 bits per heavy atom. The molecule has 1 aliphatic heterocycles. The van der Waals surface area contributed by atoms with Crippen molar-refractivity contribution in [3.8, 4) is 0 Å². The molecule has 3 N–H and O–H groups in total. The smallest absolute Gasteiger partial charge is 0.418 e. The number of halogens is 3. The molecule has 1 aliphatic rings. The minimum Gasteiger partial charge on any atom is -0.444 e. The molecule has 24 heavy (non-hydrogen) atoms. The van der Waals surface area contributed by atoms with E-state index in [2.05, 4.69) is 5.32 Å². The molecular formula is C16H22F3N3O2. The molecule has 0 aliphatic carbocycles. The first kappa shape index (κ1) is 18.2. The van der Waals surface area contributed by atoms with Gasteiger partial charge in [-0.1, -0.05) is 0 Å². The minimum absolute atomic E-state index is 0.0547. The summed E-state index contributed by atoms with van der Waals surface area (Å²) in [5, 5.41) is 2.67. The van der Waals surface area contributed by atoms with Gasteiger partial charge in [0.1, 0.15) is 6.10 Å². The molecule has 8 heteroatoms. The molecule has 0 saturated carbocycles. The molecule has 1 atom stereocenters. The number of anilines is 2. The third-order valence-electron chi connectivity index (χ3n) is 3.56. The standard InChI is InChI=1S/C16H22F3N3O2/c1-15(2,3)21-14(23)24-11-6-7-22(9-11)13-5-4-10(20)8-12(13)16(17,18)19/h4-5,8,11H,6-7,9,20H2,1-3H3,(H,21,23). The van der Waals surface area contributed by atoms with Crippen molar-refractivity contribution in [1.82, 2.24) is 5.32 Å². The maximum atomic E-state index is 13.2. The van der Waals surface area contributed by atoms with Crippen LogP contribution in [0.3, 0.4) is 0 Å². The number of rotatable bonds is 2. The average molecular weight is 345 g/mol. The van der Waals surface area contributed by atoms with Gasteiger partial charge in [-0.05, 0) is 39.0 Å². The van der Waals surface area contributed by atoms with Gasteiger partial charge < -0.3 is 20.7 Å². The number of nitrogen functional groups attached to an aromatic ring is 1. The number of hydrogen-bond acceptors (Lipinski definition) is 4. The van der Waals surface area contributed by atoms with Gasteiger partial charge in [0.15, 0.2) is 0 Å². The van der Waals surface area contributed by atoms with Crippen molar-refractivity contribution in [2.75, 3.05) is 23.7 Å². The fourth-order valence-electron chi connectivity index (χ4n) is 2.59. The van der Waals surface area contributed by atoms with Gasteiger partial charge >= 0.3 is 12.3 Å². The highest BCUT2D eigenvalue weighted by molar-refractivity contribution is 5.68. The molecule has 0 bridgehead atoms. The first-order valence-corrected chi connectivity index (χ1v) is 7.66. The number of nitrogens with two attached hydrogens (primary N) is 1. The normalized spacial score (nSPS) is 18.6. The van der Waals surface area contributed by atoms with Crippen LogP contribution in [0.25, 0.3) is 0 Å². The van der Waals surface area contributed by atoms with Gasteiger partial charge in [-0.3, -0.25) is 0 Å². The lowest BCUT2D eigenvalue weighted by Gasteiger charge is -2.24. The summed E-state index contributed by atoms with van der Waals surface area (Å²) in [6, 6.07) is 3.72. The molecule has 0 aromatic heterocycles. The summed E-state index contributed by atoms with van der Waals surface area (Å²) < 4.78 is 44.9. The van der Waals surface area contributed by atoms with Crippen LogP contribution < -0.4 is 16.0 Å². The Morgan fingerprint density at radius 1 is 1.33 bits per heavy atom. The highest BCUT2D eigenvalue weighted by Gasteiger charge is 2.37. The summed E-state index contributed by atoms with van der Waals surface area (Å²) in [6.07, 6.45) is -5.04. The van der Waals surface area contributed by atoms with Gasteiger partial charge in [0.25, 0.3) is 0 Å². The molecule has 0 radical (unpaired) electrons. The van der Waals surface area contributed by atoms with E-state index in [4.69, 9.17) is 10.5 Å². The predicted molar refractivity (Wildman–Crippen MR) is 85.8 cm³/mol. The zero-order chi connectivity index (χ0) is 18.1. The van der Waals surface area contributed by atoms with Crippen molar-refractivity contribution in [1.29, 1.82) is 0 Å². The number of carbonyl (C=O) groups is 1. The van der Waals surface area contributed by atoms with Crippen LogP contribution >= 0.6 is 0 Å². The van der Waals surface area contributed by atoms with Crippen LogP contribution in [0, 0.1) is 0 Å². The van der Waals surface area contributed by atoms with Crippen LogP contribution in [0.5, 0.6) is 0 Å². The van der Waals surface area contributed by atoms with Crippen LogP contribution in [0.15, 0.2) is 18.2 Å². The topological polar surface area (TPSA) is 67.6 Å². The lowest BCUT2D eigenvalue weighted by atomic mass is 10.1. The Labute approximate surface area is 138 Å². The molecule has 1 fully saturated rings. The number of alkyl halides is 3. The van der Waals surface area contributed by atoms with E-state index < -0.39 is 29.5 Å². The summed E-state index contributed by atoms with van der Waals surface area (Å²) in [7, 11) is 0. The third kappa shape index (κ3) is 4.69. The molecule has 1 amide bonds. The summed E-state index contributed by atoms with van der Waals surface area (Å²) >= 11 is 0. The van der Waals surface area contributed by atoms with Gasteiger partial charge in [-0.15, -0.1) is 0 Å². The SMILES string of the molecule is CC(C)(C)NC(=O)OC1CCN(c2ccc(N)cc2C(F)(F)F)C1. The quantitative estimate of drug-likeness (QED) is 0.806. The number of nitrogens with zero attached hydrogens (tertiary/aromatic N) is 1. The minimum atomic E-state index is -4.49. The fourth-order valence-corrected chi connectivity index (χ4v) is 2.59. The molecule has 134 valence electrons. The van der Waals surface area contributed by atoms with Crippen LogP contribution in [0.4, 0.5) is 29.3 Å². The lowest BCUT2D eigenvalue weighted by molar-refractivity contribution is -0.137. The number of carbonyl (C=O) groups excluding carboxylic acids is 1. The van der Waals surface area contributed by atoms with Crippen molar-refractivity contribution < 1.29 is 22.7 Å². The summed E-state index contributed by atoms with van der Waals surface area (Å²) in [4.78, 5) is 13.3. The molecule has 2 rings (SSSR count). The monoisotopic (exact) mass is 345 g/mol. The second kappa shape index (κ2) is 6.41. The number of hydrogen-bond donors (Lipinski definition) is 2. The molecule has 5 nitrogen and oxygen atoms in total. The number of ether oxygens (including phenoxy) is 1. The molecule has 1 heterocycles. The Kier molecular flexibility index (Phi) is 4.87. The second-order valence-corrected chi connectivity index (χ2v) is 6.91. The first-order valence-electron chi connectivity index (χ1n) is 7.66. The van der Waals surface area contributed by atoms with Crippen molar-refractivity contribution >= 4 is 17.5 Å². The largest absolute Gasteiger partial charge is 0.444 e. The maximum absolute atomic E-state index is 13.2. The Morgan fingerprint density at radius 2 is 2.00 bits per heavy atom. The van der Waals surface area contributed by atoms with E-state index in [1.54, 1.807) is 4.90 Å². The van der Waals surface area contributed by atoms with E-state index in [9.17, 15) is 18.0 Å². The number of alkyl carbamates (subject to hydrolysis) is 1. The zero-order valence-corrected chi connectivity index (χ0v) is 13.9. The fraction of sp³-hybridized carbons (Fsp3) is 0.562. The Bertz CT molecular complexity index is 612. The van der Waals surface area contributed by atoms with Gasteiger partial charge in [0, 0.05) is 29.9 Å². The summed E-state index contributed by atoms with van der Waals surface area (Å²) in [5.41, 5.74) is 4.38. The van der Waals surface area contributed by atoms with Crippen LogP contribution in [0.2, 0.25) is 0 Å². The van der Waals surface area contributed by atoms with E-state index in [1.165, 1.54) is 12.1 Å². The lowest BCUT2D eigenvalue weighted by Crippen LogP contribution is -2.42. The van der Waals surface area contributed by atoms with E-state index >= 15 is 0 Å². The second-order valence-electron chi connectivity index (χ2n) is 6.91. The Balaban J connectivity index is 2.08. The molecule has 1 saturated heterocycles. The molecule has 1 unspecified atom stereocenters. The van der Waals surface area contributed by atoms with Gasteiger partial charge in [-0.25, -0.2) is 4.79 Å². The van der Waals surface area contributed by atoms with Gasteiger partial charge in [0.05, 0.1) is 12.1 Å². The molecule has 1 aromatic carbocycles. The first-order chi connectivity index (χ1) is 11.0. The maximum Gasteiger partial charge on any atom is 0.418 e. The van der Waals surface area contributed by atoms with E-state index in [0.717, 1.165) is 6.07 Å². The predicted octanol–water partition coefficient (Wildman–Crippen LogP) is 3.39. The summed E-state index contributed by atoms with van der Waals surface area (Å²) in [6.45, 7) is 6.04. The van der Waals surface area contributed by atoms with Gasteiger partial charge in [-0.2, -0.15) is 13.2 Å². The molecule has 0 spiro atoms. The van der Waals surface area contributed by atoms with Crippen molar-refractivity contribution in [2.24, 2.45) is 0 Å². The molecule has 1 aromatic rings. The third-order valence-corrected chi connectivity index (χ3v) is 3.56. The highest BCUT2D eigenvalue weighted by atomic mass is 19.4. The number of amides is 1. The summed E-state index contributed by atoms with van der Waals surface area (Å²) in [5.74, 6) is 0. The zero-order valence-electron chi connectivity index (χ0n) is 13.9. The number of benzene rings is 1. The van der Waals surface area contributed by atoms with Crippen LogP contribution in [-0.2, 0) is 10.9 Å². The van der Waals surface area contributed by atoms with Crippen LogP contribution in [-0.4, -0.2) is 30.8 Å². The number of nitrogens with one attached hydrogen (secondary N) is 1. The average Bonchev–Trinajstić information content (AvgIpc) is 2.83. The van der Waals surface area contributed by atoms with Crippen molar-refractivity contribution in [3.05, 3.63) is 23.8 Å². The van der Waals surface area contributed by atoms with Crippen LogP contribution in [0.1, 0.15) is 32.8 Å². The van der Waals surface area contributed by atoms with Crippen molar-refractivity contribution in [3.63, 3.8) is 0 Å². The van der Waals surface area contributed by atoms with Crippen molar-refractivity contribution in [2.45, 2.75) is 45.0 Å². The van der Waals surface area contributed by atoms with Gasteiger partial charge in [0.2, 0.25) is 0 Å². The highest BCUT2D eigenvalue weighted by Crippen LogP contribution is 2.39. The van der Waals surface area contributed by atoms with E-state index in [1.807, 2.05) is 20.8 Å².